The summed E-state index contributed by atoms with van der Waals surface area (Å²) in [6.07, 6.45) is -3.64. The van der Waals surface area contributed by atoms with Gasteiger partial charge < -0.3 is 23.4 Å². The van der Waals surface area contributed by atoms with Crippen molar-refractivity contribution in [3.05, 3.63) is 69.6 Å². The van der Waals surface area contributed by atoms with E-state index in [1.807, 2.05) is 20.8 Å². The van der Waals surface area contributed by atoms with Crippen molar-refractivity contribution in [1.82, 2.24) is 0 Å². The summed E-state index contributed by atoms with van der Waals surface area (Å²) in [5.74, 6) is -0.969. The van der Waals surface area contributed by atoms with Crippen molar-refractivity contribution in [2.24, 2.45) is 10.8 Å². The molecule has 3 aromatic rings. The van der Waals surface area contributed by atoms with Gasteiger partial charge in [-0.25, -0.2) is 4.79 Å². The first-order valence-corrected chi connectivity index (χ1v) is 13.2. The van der Waals surface area contributed by atoms with Crippen LogP contribution in [-0.2, 0) is 38.7 Å². The fourth-order valence-electron chi connectivity index (χ4n) is 5.70. The van der Waals surface area contributed by atoms with Crippen molar-refractivity contribution in [3.63, 3.8) is 0 Å². The van der Waals surface area contributed by atoms with E-state index in [4.69, 9.17) is 18.6 Å². The van der Waals surface area contributed by atoms with E-state index in [1.165, 1.54) is 36.4 Å². The Morgan fingerprint density at radius 3 is 2.41 bits per heavy atom. The largest absolute Gasteiger partial charge is 0.573 e. The molecule has 0 N–H and O–H groups in total. The maximum atomic E-state index is 13.5. The quantitative estimate of drug-likeness (QED) is 0.302. The van der Waals surface area contributed by atoms with Gasteiger partial charge in [0.05, 0.1) is 16.4 Å². The maximum absolute atomic E-state index is 13.5. The van der Waals surface area contributed by atoms with Crippen LogP contribution in [0.15, 0.2) is 51.7 Å². The van der Waals surface area contributed by atoms with Gasteiger partial charge in [0.1, 0.15) is 36.1 Å². The van der Waals surface area contributed by atoms with E-state index in [2.05, 4.69) is 4.74 Å². The van der Waals surface area contributed by atoms with Crippen LogP contribution in [0.5, 0.6) is 11.5 Å². The number of rotatable bonds is 8. The number of esters is 2. The highest BCUT2D eigenvalue weighted by Gasteiger charge is 2.76. The first-order chi connectivity index (χ1) is 19.2. The molecule has 11 heteroatoms. The molecule has 5 rings (SSSR count). The van der Waals surface area contributed by atoms with Crippen molar-refractivity contribution >= 4 is 22.9 Å². The van der Waals surface area contributed by atoms with Crippen LogP contribution in [-0.4, -0.2) is 23.9 Å². The smallest absolute Gasteiger partial charge is 0.488 e. The van der Waals surface area contributed by atoms with Crippen molar-refractivity contribution in [2.45, 2.75) is 72.1 Å². The lowest BCUT2D eigenvalue weighted by molar-refractivity contribution is -0.274. The van der Waals surface area contributed by atoms with E-state index in [1.54, 1.807) is 13.0 Å². The number of benzene rings is 2. The lowest BCUT2D eigenvalue weighted by Crippen LogP contribution is -2.48. The molecule has 0 spiro atoms. The third-order valence-corrected chi connectivity index (χ3v) is 8.64. The highest BCUT2D eigenvalue weighted by atomic mass is 19.4. The summed E-state index contributed by atoms with van der Waals surface area (Å²) in [4.78, 5) is 39.0. The summed E-state index contributed by atoms with van der Waals surface area (Å²) in [7, 11) is 0. The van der Waals surface area contributed by atoms with Crippen molar-refractivity contribution < 1.29 is 46.1 Å². The minimum Gasteiger partial charge on any atom is -0.488 e. The average Bonchev–Trinajstić information content (AvgIpc) is 3.20. The number of hydrogen-bond donors (Lipinski definition) is 0. The van der Waals surface area contributed by atoms with Crippen molar-refractivity contribution in [2.75, 3.05) is 0 Å². The molecule has 1 aliphatic heterocycles. The van der Waals surface area contributed by atoms with Gasteiger partial charge in [-0.3, -0.25) is 9.59 Å². The molecule has 2 bridgehead atoms. The van der Waals surface area contributed by atoms with Crippen molar-refractivity contribution in [3.8, 4) is 11.5 Å². The zero-order valence-electron chi connectivity index (χ0n) is 23.0. The molecule has 2 fully saturated rings. The SMILES string of the molecule is CCc1cc(=O)c2ccc(OCc3cccc(OC(F)(F)F)c3)c(COC(=O)[C@@]34CC[C@@](C)(C(=O)O3)C4(C)C)c2o1. The van der Waals surface area contributed by atoms with Crippen LogP contribution in [0.1, 0.15) is 57.4 Å². The maximum Gasteiger partial charge on any atom is 0.573 e. The van der Waals surface area contributed by atoms with Gasteiger partial charge in [0.25, 0.3) is 0 Å². The Kier molecular flexibility index (Phi) is 6.82. The molecule has 41 heavy (non-hydrogen) atoms. The van der Waals surface area contributed by atoms with E-state index in [9.17, 15) is 27.6 Å². The van der Waals surface area contributed by atoms with Crippen molar-refractivity contribution in [1.29, 1.82) is 0 Å². The molecule has 1 saturated carbocycles. The fraction of sp³-hybridized carbons (Fsp3) is 0.433. The zero-order valence-corrected chi connectivity index (χ0v) is 23.0. The lowest BCUT2D eigenvalue weighted by Gasteiger charge is -2.34. The summed E-state index contributed by atoms with van der Waals surface area (Å²) in [5.41, 5.74) is -2.61. The predicted molar refractivity (Wildman–Crippen MR) is 139 cm³/mol. The Morgan fingerprint density at radius 2 is 1.78 bits per heavy atom. The minimum atomic E-state index is -4.85. The molecule has 1 saturated heterocycles. The standard InChI is InChI=1S/C30H29F3O8/c1-5-18-14-22(34)20-9-10-23(37-15-17-7-6-8-19(13-17)40-30(31,32)33)21(24(20)39-18)16-38-26(36)29-12-11-28(4,25(35)41-29)27(29,2)3/h6-10,13-14H,5,11-12,15-16H2,1-4H3/t28-,29+/m0/s1. The molecular formula is C30H29F3O8. The topological polar surface area (TPSA) is 101 Å². The minimum absolute atomic E-state index is 0.158. The molecule has 2 aromatic carbocycles. The van der Waals surface area contributed by atoms with Gasteiger partial charge in [-0.15, -0.1) is 13.2 Å². The van der Waals surface area contributed by atoms with E-state index in [0.29, 0.717) is 30.6 Å². The second kappa shape index (κ2) is 9.81. The van der Waals surface area contributed by atoms with Crippen LogP contribution in [0.25, 0.3) is 11.0 Å². The summed E-state index contributed by atoms with van der Waals surface area (Å²) < 4.78 is 65.3. The molecule has 0 amide bonds. The molecule has 0 unspecified atom stereocenters. The Morgan fingerprint density at radius 1 is 1.02 bits per heavy atom. The van der Waals surface area contributed by atoms with Crippen LogP contribution < -0.4 is 14.9 Å². The van der Waals surface area contributed by atoms with Gasteiger partial charge in [-0.1, -0.05) is 32.9 Å². The molecule has 2 aliphatic rings. The molecule has 2 atom stereocenters. The van der Waals surface area contributed by atoms with Gasteiger partial charge in [-0.05, 0) is 49.6 Å². The summed E-state index contributed by atoms with van der Waals surface area (Å²) in [6, 6.07) is 9.71. The van der Waals surface area contributed by atoms with Crippen LogP contribution in [0.2, 0.25) is 0 Å². The lowest BCUT2D eigenvalue weighted by atomic mass is 9.66. The number of fused-ring (bicyclic) bond motifs is 3. The zero-order chi connectivity index (χ0) is 29.8. The first-order valence-electron chi connectivity index (χ1n) is 13.2. The Bertz CT molecular complexity index is 1590. The molecule has 218 valence electrons. The second-order valence-corrected chi connectivity index (χ2v) is 11.1. The summed E-state index contributed by atoms with van der Waals surface area (Å²) in [6.45, 7) is 6.68. The third kappa shape index (κ3) is 4.70. The van der Waals surface area contributed by atoms with Crippen LogP contribution in [0.3, 0.4) is 0 Å². The average molecular weight is 575 g/mol. The van der Waals surface area contributed by atoms with Gasteiger partial charge in [-0.2, -0.15) is 0 Å². The van der Waals surface area contributed by atoms with E-state index < -0.39 is 40.5 Å². The van der Waals surface area contributed by atoms with Gasteiger partial charge in [0.15, 0.2) is 5.43 Å². The van der Waals surface area contributed by atoms with E-state index >= 15 is 0 Å². The number of carbonyl (C=O) groups is 2. The van der Waals surface area contributed by atoms with Crippen LogP contribution in [0.4, 0.5) is 13.2 Å². The van der Waals surface area contributed by atoms with Gasteiger partial charge >= 0.3 is 18.3 Å². The Balaban J connectivity index is 1.46. The molecule has 1 aromatic heterocycles. The molecular weight excluding hydrogens is 545 g/mol. The van der Waals surface area contributed by atoms with Crippen LogP contribution in [0, 0.1) is 10.8 Å². The molecule has 1 aliphatic carbocycles. The number of ether oxygens (including phenoxy) is 4. The number of halogens is 3. The Hall–Kier alpha value is -4.02. The molecule has 2 heterocycles. The van der Waals surface area contributed by atoms with E-state index in [0.717, 1.165) is 0 Å². The predicted octanol–water partition coefficient (Wildman–Crippen LogP) is 6.00. The number of aryl methyl sites for hydroxylation is 1. The van der Waals surface area contributed by atoms with Gasteiger partial charge in [0, 0.05) is 17.9 Å². The summed E-state index contributed by atoms with van der Waals surface area (Å²) >= 11 is 0. The summed E-state index contributed by atoms with van der Waals surface area (Å²) in [5, 5.41) is 0.236. The van der Waals surface area contributed by atoms with Gasteiger partial charge in [0.2, 0.25) is 5.60 Å². The second-order valence-electron chi connectivity index (χ2n) is 11.1. The molecule has 8 nitrogen and oxygen atoms in total. The normalized spacial score (nSPS) is 23.0. The highest BCUT2D eigenvalue weighted by Crippen LogP contribution is 2.65. The number of hydrogen-bond acceptors (Lipinski definition) is 8. The number of carbonyl (C=O) groups excluding carboxylic acids is 2. The fourth-order valence-corrected chi connectivity index (χ4v) is 5.70. The monoisotopic (exact) mass is 574 g/mol. The van der Waals surface area contributed by atoms with E-state index in [-0.39, 0.29) is 40.9 Å². The first kappa shape index (κ1) is 28.5. The third-order valence-electron chi connectivity index (χ3n) is 8.64. The Labute approximate surface area is 233 Å². The number of alkyl halides is 3. The highest BCUT2D eigenvalue weighted by molar-refractivity contribution is 5.93. The molecule has 0 radical (unpaired) electrons. The van der Waals surface area contributed by atoms with Crippen LogP contribution >= 0.6 is 0 Å².